The van der Waals surface area contributed by atoms with Gasteiger partial charge in [-0.05, 0) is 44.1 Å². The van der Waals surface area contributed by atoms with Crippen molar-refractivity contribution in [2.45, 2.75) is 103 Å². The molecule has 170 valence electrons. The Morgan fingerprint density at radius 2 is 1.83 bits per heavy atom. The molecule has 0 aromatic heterocycles. The van der Waals surface area contributed by atoms with Crippen molar-refractivity contribution in [2.24, 2.45) is 11.8 Å². The van der Waals surface area contributed by atoms with Crippen molar-refractivity contribution in [3.63, 3.8) is 0 Å². The van der Waals surface area contributed by atoms with E-state index >= 15 is 0 Å². The molecule has 0 bridgehead atoms. The second-order valence-corrected chi connectivity index (χ2v) is 8.67. The molecule has 2 saturated heterocycles. The average Bonchev–Trinajstić information content (AvgIpc) is 3.54. The molecule has 0 aromatic rings. The average molecular weight is 415 g/mol. The van der Waals surface area contributed by atoms with Gasteiger partial charge in [0, 0.05) is 33.7 Å². The Morgan fingerprint density at radius 3 is 2.41 bits per heavy atom. The van der Waals surface area contributed by atoms with Gasteiger partial charge in [-0.3, -0.25) is 0 Å². The van der Waals surface area contributed by atoms with Crippen LogP contribution in [0.15, 0.2) is 11.6 Å². The van der Waals surface area contributed by atoms with Crippen LogP contribution in [0.4, 0.5) is 0 Å². The van der Waals surface area contributed by atoms with Gasteiger partial charge in [0.15, 0.2) is 6.29 Å². The van der Waals surface area contributed by atoms with Gasteiger partial charge in [0.25, 0.3) is 0 Å². The number of hydrogen-bond acceptors (Lipinski definition) is 6. The summed E-state index contributed by atoms with van der Waals surface area (Å²) in [6.45, 7) is 8.46. The molecule has 0 saturated carbocycles. The van der Waals surface area contributed by atoms with Crippen molar-refractivity contribution in [3.05, 3.63) is 11.6 Å². The molecule has 2 aliphatic heterocycles. The van der Waals surface area contributed by atoms with Gasteiger partial charge in [-0.25, -0.2) is 0 Å². The summed E-state index contributed by atoms with van der Waals surface area (Å²) in [7, 11) is 5.16. The Labute approximate surface area is 176 Å². The van der Waals surface area contributed by atoms with Crippen molar-refractivity contribution in [2.75, 3.05) is 21.3 Å². The molecule has 0 spiro atoms. The second kappa shape index (κ2) is 11.8. The molecule has 0 amide bonds. The molecule has 0 unspecified atom stereocenters. The summed E-state index contributed by atoms with van der Waals surface area (Å²) >= 11 is 0. The van der Waals surface area contributed by atoms with Gasteiger partial charge < -0.3 is 28.8 Å². The lowest BCUT2D eigenvalue weighted by Crippen LogP contribution is -2.41. The van der Waals surface area contributed by atoms with E-state index in [0.717, 1.165) is 32.1 Å². The van der Waals surface area contributed by atoms with Crippen LogP contribution >= 0.6 is 0 Å². The first-order valence-electron chi connectivity index (χ1n) is 11.1. The SMILES string of the molecule is CC[C@H](OC)[C@@H](C)[C@@H]1O[C@H]1[C@H](O)[C@@H](C)CC/C=C(\C)[C@@H]1O[C@@H](OC)CC[C@@H]1OC. The molecule has 0 aliphatic carbocycles. The van der Waals surface area contributed by atoms with Crippen LogP contribution in [0.1, 0.15) is 59.8 Å². The van der Waals surface area contributed by atoms with Gasteiger partial charge in [0.2, 0.25) is 0 Å². The molecule has 6 heteroatoms. The van der Waals surface area contributed by atoms with Crippen LogP contribution in [0.3, 0.4) is 0 Å². The van der Waals surface area contributed by atoms with E-state index in [-0.39, 0.29) is 42.7 Å². The lowest BCUT2D eigenvalue weighted by atomic mass is 9.89. The zero-order valence-corrected chi connectivity index (χ0v) is 19.3. The molecule has 6 nitrogen and oxygen atoms in total. The van der Waals surface area contributed by atoms with E-state index in [9.17, 15) is 5.11 Å². The van der Waals surface area contributed by atoms with Gasteiger partial charge in [-0.2, -0.15) is 0 Å². The standard InChI is InChI=1S/C23H42O6/c1-8-17(25-5)16(4)22-23(29-22)20(24)14(2)10-9-11-15(3)21-18(26-6)12-13-19(27-7)28-21/h11,14,16-24H,8-10,12-13H2,1-7H3/b15-11+/t14-,16+,17-,18-,19+,20+,21-,22-,23-/m0/s1. The molecule has 0 radical (unpaired) electrons. The highest BCUT2D eigenvalue weighted by molar-refractivity contribution is 5.09. The highest BCUT2D eigenvalue weighted by Crippen LogP contribution is 2.38. The highest BCUT2D eigenvalue weighted by atomic mass is 16.7. The van der Waals surface area contributed by atoms with Crippen molar-refractivity contribution in [1.82, 2.24) is 0 Å². The Balaban J connectivity index is 1.81. The second-order valence-electron chi connectivity index (χ2n) is 8.67. The van der Waals surface area contributed by atoms with Crippen LogP contribution < -0.4 is 0 Å². The van der Waals surface area contributed by atoms with Crippen LogP contribution in [-0.2, 0) is 23.7 Å². The fraction of sp³-hybridized carbons (Fsp3) is 0.913. The third-order valence-corrected chi connectivity index (χ3v) is 6.72. The van der Waals surface area contributed by atoms with Crippen molar-refractivity contribution >= 4 is 0 Å². The number of rotatable bonds is 12. The van der Waals surface area contributed by atoms with Gasteiger partial charge in [-0.1, -0.05) is 26.8 Å². The predicted molar refractivity (Wildman–Crippen MR) is 113 cm³/mol. The normalized spacial score (nSPS) is 34.5. The molecule has 2 heterocycles. The lowest BCUT2D eigenvalue weighted by molar-refractivity contribution is -0.205. The van der Waals surface area contributed by atoms with Crippen LogP contribution in [0, 0.1) is 11.8 Å². The minimum Gasteiger partial charge on any atom is -0.390 e. The van der Waals surface area contributed by atoms with E-state index in [0.29, 0.717) is 5.92 Å². The van der Waals surface area contributed by atoms with Crippen LogP contribution in [-0.4, -0.2) is 69.3 Å². The van der Waals surface area contributed by atoms with E-state index in [1.54, 1.807) is 21.3 Å². The quantitative estimate of drug-likeness (QED) is 0.388. The van der Waals surface area contributed by atoms with Gasteiger partial charge in [-0.15, -0.1) is 0 Å². The first kappa shape index (κ1) is 24.8. The number of aliphatic hydroxyl groups is 1. The maximum Gasteiger partial charge on any atom is 0.158 e. The summed E-state index contributed by atoms with van der Waals surface area (Å²) in [4.78, 5) is 0. The Kier molecular flexibility index (Phi) is 10.1. The largest absolute Gasteiger partial charge is 0.390 e. The van der Waals surface area contributed by atoms with E-state index in [2.05, 4.69) is 33.8 Å². The zero-order chi connectivity index (χ0) is 21.6. The lowest BCUT2D eigenvalue weighted by Gasteiger charge is -2.35. The smallest absolute Gasteiger partial charge is 0.158 e. The maximum atomic E-state index is 10.7. The Morgan fingerprint density at radius 1 is 1.10 bits per heavy atom. The van der Waals surface area contributed by atoms with Gasteiger partial charge >= 0.3 is 0 Å². The minimum absolute atomic E-state index is 0.0649. The number of ether oxygens (including phenoxy) is 5. The summed E-state index contributed by atoms with van der Waals surface area (Å²) in [5, 5.41) is 10.7. The Hall–Kier alpha value is -0.500. The van der Waals surface area contributed by atoms with Crippen LogP contribution in [0.2, 0.25) is 0 Å². The fourth-order valence-electron chi connectivity index (χ4n) is 4.57. The number of epoxide rings is 1. The molecule has 2 rings (SSSR count). The molecular weight excluding hydrogens is 372 g/mol. The number of allylic oxidation sites excluding steroid dienone is 1. The summed E-state index contributed by atoms with van der Waals surface area (Å²) < 4.78 is 28.4. The first-order valence-corrected chi connectivity index (χ1v) is 11.1. The topological polar surface area (TPSA) is 69.7 Å². The zero-order valence-electron chi connectivity index (χ0n) is 19.3. The van der Waals surface area contributed by atoms with Crippen molar-refractivity contribution < 1.29 is 28.8 Å². The van der Waals surface area contributed by atoms with Gasteiger partial charge in [0.1, 0.15) is 12.2 Å². The van der Waals surface area contributed by atoms with Gasteiger partial charge in [0.05, 0.1) is 24.4 Å². The number of methoxy groups -OCH3 is 3. The summed E-state index contributed by atoms with van der Waals surface area (Å²) in [5.74, 6) is 0.461. The predicted octanol–water partition coefficient (Wildman–Crippen LogP) is 3.70. The molecule has 29 heavy (non-hydrogen) atoms. The van der Waals surface area contributed by atoms with E-state index in [1.807, 2.05) is 0 Å². The molecule has 2 aliphatic rings. The summed E-state index contributed by atoms with van der Waals surface area (Å²) in [5.41, 5.74) is 1.17. The molecule has 0 aromatic carbocycles. The van der Waals surface area contributed by atoms with Crippen LogP contribution in [0.5, 0.6) is 0 Å². The van der Waals surface area contributed by atoms with E-state index < -0.39 is 6.10 Å². The number of hydrogen-bond donors (Lipinski definition) is 1. The van der Waals surface area contributed by atoms with E-state index in [4.69, 9.17) is 23.7 Å². The fourth-order valence-corrected chi connectivity index (χ4v) is 4.57. The molecule has 1 N–H and O–H groups in total. The third-order valence-electron chi connectivity index (χ3n) is 6.72. The molecule has 9 atom stereocenters. The summed E-state index contributed by atoms with van der Waals surface area (Å²) in [6, 6.07) is 0. The summed E-state index contributed by atoms with van der Waals surface area (Å²) in [6.07, 6.45) is 6.32. The van der Waals surface area contributed by atoms with Crippen molar-refractivity contribution in [3.8, 4) is 0 Å². The first-order chi connectivity index (χ1) is 13.9. The number of aliphatic hydroxyl groups excluding tert-OH is 1. The monoisotopic (exact) mass is 414 g/mol. The highest BCUT2D eigenvalue weighted by Gasteiger charge is 2.50. The third kappa shape index (κ3) is 6.49. The van der Waals surface area contributed by atoms with E-state index in [1.165, 1.54) is 5.57 Å². The van der Waals surface area contributed by atoms with Crippen LogP contribution in [0.25, 0.3) is 0 Å². The van der Waals surface area contributed by atoms with Crippen molar-refractivity contribution in [1.29, 1.82) is 0 Å². The maximum absolute atomic E-state index is 10.7. The molecular formula is C23H42O6. The Bertz CT molecular complexity index is 506. The minimum atomic E-state index is -0.443. The molecule has 2 fully saturated rings.